The second-order valence-corrected chi connectivity index (χ2v) is 4.40. The maximum atomic E-state index is 5.71. The van der Waals surface area contributed by atoms with E-state index in [0.717, 1.165) is 30.5 Å². The van der Waals surface area contributed by atoms with Crippen LogP contribution >= 0.6 is 0 Å². The fourth-order valence-corrected chi connectivity index (χ4v) is 2.17. The summed E-state index contributed by atoms with van der Waals surface area (Å²) in [4.78, 5) is 0. The van der Waals surface area contributed by atoms with Crippen molar-refractivity contribution >= 4 is 0 Å². The summed E-state index contributed by atoms with van der Waals surface area (Å²) in [5, 5.41) is 11.8. The molecule has 5 nitrogen and oxygen atoms in total. The highest BCUT2D eigenvalue weighted by Gasteiger charge is 2.21. The monoisotopic (exact) mass is 244 g/mol. The molecule has 1 aromatic carbocycles. The summed E-state index contributed by atoms with van der Waals surface area (Å²) >= 11 is 0. The molecule has 0 spiro atoms. The van der Waals surface area contributed by atoms with Gasteiger partial charge < -0.3 is 14.6 Å². The Labute approximate surface area is 106 Å². The lowest BCUT2D eigenvalue weighted by atomic mass is 10.2. The molecule has 1 unspecified atom stereocenters. The number of hydrogen-bond donors (Lipinski definition) is 1. The van der Waals surface area contributed by atoms with Crippen LogP contribution in [0.15, 0.2) is 30.3 Å². The molecule has 0 bridgehead atoms. The third kappa shape index (κ3) is 2.09. The molecule has 5 heteroatoms. The average molecular weight is 244 g/mol. The van der Waals surface area contributed by atoms with E-state index in [2.05, 4.69) is 27.0 Å². The Morgan fingerprint density at radius 3 is 3.00 bits per heavy atom. The number of hydrogen-bond acceptors (Lipinski definition) is 4. The smallest absolute Gasteiger partial charge is 0.171 e. The standard InChI is InChI=1S/C13H16N4O/c1-10-13-16-15-12(17(13)8-7-14-10)9-18-11-5-3-2-4-6-11/h2-6,10,14H,7-9H2,1H3. The Hall–Kier alpha value is -1.88. The molecule has 3 rings (SSSR count). The fourth-order valence-electron chi connectivity index (χ4n) is 2.17. The number of benzene rings is 1. The maximum Gasteiger partial charge on any atom is 0.171 e. The van der Waals surface area contributed by atoms with E-state index >= 15 is 0 Å². The summed E-state index contributed by atoms with van der Waals surface area (Å²) in [6, 6.07) is 10.0. The summed E-state index contributed by atoms with van der Waals surface area (Å²) in [5.41, 5.74) is 0. The summed E-state index contributed by atoms with van der Waals surface area (Å²) in [6.07, 6.45) is 0. The minimum absolute atomic E-state index is 0.261. The first-order chi connectivity index (χ1) is 8.84. The van der Waals surface area contributed by atoms with Gasteiger partial charge >= 0.3 is 0 Å². The molecule has 2 heterocycles. The Morgan fingerprint density at radius 1 is 1.33 bits per heavy atom. The fraction of sp³-hybridized carbons (Fsp3) is 0.385. The molecule has 0 saturated heterocycles. The van der Waals surface area contributed by atoms with Crippen LogP contribution in [0.2, 0.25) is 0 Å². The third-order valence-corrected chi connectivity index (χ3v) is 3.14. The van der Waals surface area contributed by atoms with Crippen molar-refractivity contribution in [3.05, 3.63) is 42.0 Å². The predicted octanol–water partition coefficient (Wildman–Crippen LogP) is 1.52. The molecule has 1 aromatic heterocycles. The van der Waals surface area contributed by atoms with Crippen molar-refractivity contribution in [1.29, 1.82) is 0 Å². The minimum Gasteiger partial charge on any atom is -0.486 e. The lowest BCUT2D eigenvalue weighted by molar-refractivity contribution is 0.284. The second-order valence-electron chi connectivity index (χ2n) is 4.40. The van der Waals surface area contributed by atoms with Gasteiger partial charge in [0.2, 0.25) is 0 Å². The van der Waals surface area contributed by atoms with Crippen LogP contribution in [0.1, 0.15) is 24.6 Å². The number of ether oxygens (including phenoxy) is 1. The summed E-state index contributed by atoms with van der Waals surface area (Å²) in [6.45, 7) is 4.41. The van der Waals surface area contributed by atoms with Gasteiger partial charge in [0.25, 0.3) is 0 Å². The van der Waals surface area contributed by atoms with Gasteiger partial charge in [-0.05, 0) is 19.1 Å². The number of aromatic nitrogens is 3. The zero-order chi connectivity index (χ0) is 12.4. The minimum atomic E-state index is 0.261. The van der Waals surface area contributed by atoms with Crippen molar-refractivity contribution in [2.24, 2.45) is 0 Å². The van der Waals surface area contributed by atoms with Crippen molar-refractivity contribution in [3.8, 4) is 5.75 Å². The first-order valence-electron chi connectivity index (χ1n) is 6.18. The molecule has 1 N–H and O–H groups in total. The molecular formula is C13H16N4O. The van der Waals surface area contributed by atoms with Crippen molar-refractivity contribution in [2.75, 3.05) is 6.54 Å². The van der Waals surface area contributed by atoms with E-state index in [4.69, 9.17) is 4.74 Å². The lowest BCUT2D eigenvalue weighted by Gasteiger charge is -2.21. The molecule has 0 amide bonds. The van der Waals surface area contributed by atoms with Crippen molar-refractivity contribution in [2.45, 2.75) is 26.1 Å². The molecular weight excluding hydrogens is 228 g/mol. The molecule has 1 aliphatic rings. The predicted molar refractivity (Wildman–Crippen MR) is 67.2 cm³/mol. The number of nitrogens with one attached hydrogen (secondary N) is 1. The van der Waals surface area contributed by atoms with Gasteiger partial charge in [-0.3, -0.25) is 0 Å². The van der Waals surface area contributed by atoms with E-state index in [0.29, 0.717) is 6.61 Å². The SMILES string of the molecule is CC1NCCn2c(COc3ccccc3)nnc21. The van der Waals surface area contributed by atoms with Crippen LogP contribution in [0.3, 0.4) is 0 Å². The van der Waals surface area contributed by atoms with Crippen LogP contribution in [-0.4, -0.2) is 21.3 Å². The Kier molecular flexibility index (Phi) is 2.98. The highest BCUT2D eigenvalue weighted by molar-refractivity contribution is 5.21. The molecule has 0 aliphatic carbocycles. The second kappa shape index (κ2) is 4.78. The Bertz CT molecular complexity index is 523. The Morgan fingerprint density at radius 2 is 2.17 bits per heavy atom. The summed E-state index contributed by atoms with van der Waals surface area (Å²) in [5.74, 6) is 2.74. The van der Waals surface area contributed by atoms with Crippen molar-refractivity contribution in [1.82, 2.24) is 20.1 Å². The normalized spacial score (nSPS) is 18.4. The molecule has 0 saturated carbocycles. The van der Waals surface area contributed by atoms with Crippen LogP contribution in [0, 0.1) is 0 Å². The first-order valence-corrected chi connectivity index (χ1v) is 6.18. The Balaban J connectivity index is 1.74. The van der Waals surface area contributed by atoms with Crippen LogP contribution in [0.5, 0.6) is 5.75 Å². The maximum absolute atomic E-state index is 5.71. The molecule has 0 fully saturated rings. The van der Waals surface area contributed by atoms with E-state index in [-0.39, 0.29) is 6.04 Å². The summed E-state index contributed by atoms with van der Waals surface area (Å²) in [7, 11) is 0. The van der Waals surface area contributed by atoms with Gasteiger partial charge in [0.1, 0.15) is 18.2 Å². The van der Waals surface area contributed by atoms with Gasteiger partial charge in [-0.25, -0.2) is 0 Å². The van der Waals surface area contributed by atoms with Crippen LogP contribution in [0.4, 0.5) is 0 Å². The van der Waals surface area contributed by atoms with E-state index in [9.17, 15) is 0 Å². The van der Waals surface area contributed by atoms with Crippen LogP contribution < -0.4 is 10.1 Å². The average Bonchev–Trinajstić information content (AvgIpc) is 2.82. The number of para-hydroxylation sites is 1. The van der Waals surface area contributed by atoms with Crippen LogP contribution in [-0.2, 0) is 13.2 Å². The van der Waals surface area contributed by atoms with Gasteiger partial charge in [-0.2, -0.15) is 0 Å². The summed E-state index contributed by atoms with van der Waals surface area (Å²) < 4.78 is 7.85. The highest BCUT2D eigenvalue weighted by atomic mass is 16.5. The highest BCUT2D eigenvalue weighted by Crippen LogP contribution is 2.17. The molecule has 1 atom stereocenters. The van der Waals surface area contributed by atoms with Gasteiger partial charge in [-0.15, -0.1) is 10.2 Å². The number of rotatable bonds is 3. The van der Waals surface area contributed by atoms with Gasteiger partial charge in [-0.1, -0.05) is 18.2 Å². The zero-order valence-electron chi connectivity index (χ0n) is 10.3. The van der Waals surface area contributed by atoms with Crippen molar-refractivity contribution in [3.63, 3.8) is 0 Å². The third-order valence-electron chi connectivity index (χ3n) is 3.14. The van der Waals surface area contributed by atoms with Gasteiger partial charge in [0.15, 0.2) is 5.82 Å². The number of nitrogens with zero attached hydrogens (tertiary/aromatic N) is 3. The largest absolute Gasteiger partial charge is 0.486 e. The molecule has 0 radical (unpaired) electrons. The van der Waals surface area contributed by atoms with Gasteiger partial charge in [0.05, 0.1) is 6.04 Å². The van der Waals surface area contributed by atoms with E-state index in [1.165, 1.54) is 0 Å². The van der Waals surface area contributed by atoms with E-state index < -0.39 is 0 Å². The molecule has 2 aromatic rings. The lowest BCUT2D eigenvalue weighted by Crippen LogP contribution is -2.32. The van der Waals surface area contributed by atoms with Crippen LogP contribution in [0.25, 0.3) is 0 Å². The van der Waals surface area contributed by atoms with E-state index in [1.54, 1.807) is 0 Å². The topological polar surface area (TPSA) is 52.0 Å². The zero-order valence-corrected chi connectivity index (χ0v) is 10.3. The van der Waals surface area contributed by atoms with Gasteiger partial charge in [0, 0.05) is 13.1 Å². The molecule has 94 valence electrons. The quantitative estimate of drug-likeness (QED) is 0.889. The number of fused-ring (bicyclic) bond motifs is 1. The van der Waals surface area contributed by atoms with E-state index in [1.807, 2.05) is 30.3 Å². The first kappa shape index (κ1) is 11.2. The van der Waals surface area contributed by atoms with Crippen molar-refractivity contribution < 1.29 is 4.74 Å². The molecule has 18 heavy (non-hydrogen) atoms. The molecule has 1 aliphatic heterocycles.